The van der Waals surface area contributed by atoms with Crippen molar-refractivity contribution in [3.8, 4) is 0 Å². The number of carbonyl (C=O) groups is 1. The highest BCUT2D eigenvalue weighted by atomic mass is 32.3. The second-order valence-corrected chi connectivity index (χ2v) is 26.8. The molecule has 3 saturated carbocycles. The van der Waals surface area contributed by atoms with Crippen LogP contribution in [0.3, 0.4) is 0 Å². The van der Waals surface area contributed by atoms with Gasteiger partial charge in [-0.25, -0.2) is 4.18 Å². The maximum atomic E-state index is 13.1. The summed E-state index contributed by atoms with van der Waals surface area (Å²) in [4.78, 5) is 13.1. The summed E-state index contributed by atoms with van der Waals surface area (Å²) in [6.07, 6.45) is -34.2. The molecule has 0 aromatic rings. The zero-order valence-electron chi connectivity index (χ0n) is 47.4. The lowest BCUT2D eigenvalue weighted by Crippen LogP contribution is -2.66. The van der Waals surface area contributed by atoms with E-state index in [4.69, 9.17) is 51.6 Å². The first-order chi connectivity index (χ1) is 38.3. The van der Waals surface area contributed by atoms with Crippen LogP contribution >= 0.6 is 0 Å². The number of Topliss-reactive ketones (excluding diaryl/α,β-unsaturated/α-hetero) is 1. The van der Waals surface area contributed by atoms with Gasteiger partial charge in [-0.05, 0) is 107 Å². The zero-order chi connectivity index (χ0) is 60.0. The highest BCUT2D eigenvalue weighted by Crippen LogP contribution is 2.67. The second kappa shape index (κ2) is 24.8. The Labute approximate surface area is 476 Å². The van der Waals surface area contributed by atoms with E-state index in [0.29, 0.717) is 25.7 Å². The predicted octanol–water partition coefficient (Wildman–Crippen LogP) is -2.43. The topological polar surface area (TPSA) is 416 Å². The van der Waals surface area contributed by atoms with Gasteiger partial charge in [0.05, 0.1) is 49.3 Å². The van der Waals surface area contributed by atoms with Crippen LogP contribution in [-0.4, -0.2) is 252 Å². The van der Waals surface area contributed by atoms with Crippen molar-refractivity contribution in [3.05, 3.63) is 11.6 Å². The van der Waals surface area contributed by atoms with E-state index in [-0.39, 0.29) is 48.7 Å². The van der Waals surface area contributed by atoms with Gasteiger partial charge in [0, 0.05) is 12.3 Å². The predicted molar refractivity (Wildman–Crippen MR) is 275 cm³/mol. The summed E-state index contributed by atoms with van der Waals surface area (Å²) in [6, 6.07) is 0. The molecule has 0 amide bonds. The van der Waals surface area contributed by atoms with Crippen molar-refractivity contribution in [2.24, 2.45) is 40.4 Å². The molecular weight excluding hydrogens is 1110 g/mol. The largest absolute Gasteiger partial charge is 0.397 e. The Bertz CT molecular complexity index is 2350. The summed E-state index contributed by atoms with van der Waals surface area (Å²) in [5.74, 6) is -1.15. The van der Waals surface area contributed by atoms with E-state index in [0.717, 1.165) is 12.0 Å². The van der Waals surface area contributed by atoms with Crippen molar-refractivity contribution in [1.29, 1.82) is 0 Å². The van der Waals surface area contributed by atoms with E-state index in [2.05, 4.69) is 19.9 Å². The third-order valence-electron chi connectivity index (χ3n) is 19.9. The Morgan fingerprint density at radius 1 is 0.634 bits per heavy atom. The van der Waals surface area contributed by atoms with E-state index in [9.17, 15) is 79.0 Å². The molecule has 472 valence electrons. The lowest BCUT2D eigenvalue weighted by molar-refractivity contribution is -0.394. The third kappa shape index (κ3) is 12.6. The van der Waals surface area contributed by atoms with Gasteiger partial charge in [-0.1, -0.05) is 39.3 Å². The van der Waals surface area contributed by atoms with Crippen LogP contribution in [0.2, 0.25) is 0 Å². The molecule has 4 aliphatic carbocycles. The smallest absolute Gasteiger partial charge is 0.389 e. The molecule has 82 heavy (non-hydrogen) atoms. The SMILES string of the molecule is CC(C)C(=O)CC(C)(O)C1CCC2C3CC(OC4OC(C)C(O)C(OC5OCC(OC6OCC(O)C(O)C6OC6OC(C)C(O)C(O)C6O)C(O)C5OC5OC(C)C(O)C(O)C5O)C4O)C4CC(OS(=O)(=O)O)CCC4(C)C3=CCC21C. The molecule has 13 N–H and O–H groups in total. The maximum absolute atomic E-state index is 13.1. The lowest BCUT2D eigenvalue weighted by Gasteiger charge is -2.60. The van der Waals surface area contributed by atoms with Crippen molar-refractivity contribution in [2.45, 2.75) is 266 Å². The van der Waals surface area contributed by atoms with Gasteiger partial charge in [0.15, 0.2) is 31.5 Å². The van der Waals surface area contributed by atoms with E-state index in [1.165, 1.54) is 20.8 Å². The molecule has 0 spiro atoms. The average molecular weight is 1200 g/mol. The van der Waals surface area contributed by atoms with Crippen molar-refractivity contribution < 1.29 is 131 Å². The van der Waals surface area contributed by atoms with Gasteiger partial charge in [0.2, 0.25) is 0 Å². The number of hydrogen-bond donors (Lipinski definition) is 13. The van der Waals surface area contributed by atoms with Crippen LogP contribution in [0.4, 0.5) is 0 Å². The number of hydrogen-bond acceptors (Lipinski definition) is 26. The number of ether oxygens (including phenoxy) is 10. The molecule has 0 bridgehead atoms. The van der Waals surface area contributed by atoms with E-state index in [1.54, 1.807) is 6.92 Å². The van der Waals surface area contributed by atoms with Crippen LogP contribution < -0.4 is 0 Å². The summed E-state index contributed by atoms with van der Waals surface area (Å²) < 4.78 is 100. The van der Waals surface area contributed by atoms with Crippen molar-refractivity contribution >= 4 is 16.2 Å². The van der Waals surface area contributed by atoms with Crippen LogP contribution in [0.15, 0.2) is 11.6 Å². The lowest BCUT2D eigenvalue weighted by atomic mass is 9.47. The van der Waals surface area contributed by atoms with Gasteiger partial charge in [-0.15, -0.1) is 0 Å². The van der Waals surface area contributed by atoms with E-state index in [1.807, 2.05) is 13.8 Å². The first kappa shape index (κ1) is 64.9. The quantitative estimate of drug-likeness (QED) is 0.0565. The second-order valence-electron chi connectivity index (χ2n) is 25.7. The fourth-order valence-corrected chi connectivity index (χ4v) is 15.6. The molecule has 27 nitrogen and oxygen atoms in total. The first-order valence-electron chi connectivity index (χ1n) is 28.8. The number of rotatable bonds is 16. The molecule has 5 aliphatic heterocycles. The molecule has 0 radical (unpaired) electrons. The Morgan fingerprint density at radius 3 is 1.74 bits per heavy atom. The Kier molecular flexibility index (Phi) is 19.6. The minimum Gasteiger partial charge on any atom is -0.389 e. The number of allylic oxidation sites excluding steroid dienone is 2. The molecule has 8 fully saturated rings. The highest BCUT2D eigenvalue weighted by molar-refractivity contribution is 7.80. The molecule has 5 heterocycles. The Hall–Kier alpha value is -1.60. The van der Waals surface area contributed by atoms with Crippen LogP contribution in [-0.2, 0) is 66.7 Å². The van der Waals surface area contributed by atoms with Crippen LogP contribution in [0.25, 0.3) is 0 Å². The van der Waals surface area contributed by atoms with Crippen LogP contribution in [0.5, 0.6) is 0 Å². The number of carbonyl (C=O) groups excluding carboxylic acids is 1. The fraction of sp³-hybridized carbons (Fsp3) is 0.944. The molecule has 9 rings (SSSR count). The Balaban J connectivity index is 0.975. The van der Waals surface area contributed by atoms with E-state index >= 15 is 0 Å². The van der Waals surface area contributed by atoms with Crippen LogP contribution in [0, 0.1) is 40.4 Å². The summed E-state index contributed by atoms with van der Waals surface area (Å²) in [5.41, 5.74) is -1.22. The van der Waals surface area contributed by atoms with E-state index < -0.39 is 199 Å². The van der Waals surface area contributed by atoms with Gasteiger partial charge >= 0.3 is 10.4 Å². The molecule has 32 atom stereocenters. The summed E-state index contributed by atoms with van der Waals surface area (Å²) >= 11 is 0. The fourth-order valence-electron chi connectivity index (χ4n) is 15.1. The molecule has 32 unspecified atom stereocenters. The molecular formula is C54H88O27S. The number of fused-ring (bicyclic) bond motifs is 5. The summed E-state index contributed by atoms with van der Waals surface area (Å²) in [6.45, 7) is 12.7. The van der Waals surface area contributed by atoms with Crippen molar-refractivity contribution in [3.63, 3.8) is 0 Å². The van der Waals surface area contributed by atoms with Crippen LogP contribution in [0.1, 0.15) is 107 Å². The minimum absolute atomic E-state index is 0.00369. The van der Waals surface area contributed by atoms with Gasteiger partial charge < -0.3 is 109 Å². The standard InChI is InChI=1S/C54H88O27S/c1-20(2)29(55)17-54(8,67)33-10-9-26-25-16-31(28-15-24(81-82(68,69)70)11-13-52(28,6)27(25)12-14-53(26,33)7)76-49-43(66)44(36(59)23(5)75-49)78-51-46(80-48-42(65)40(63)35(58)22(4)74-48)38(61)32(19-72-51)77-50-45(37(60)30(56)18-71-50)79-47-41(64)39(62)34(57)21(3)73-47/h12,20-26,28,30-51,56-67H,9-11,13-19H2,1-8H3,(H,68,69,70). The maximum Gasteiger partial charge on any atom is 0.397 e. The highest BCUT2D eigenvalue weighted by Gasteiger charge is 2.64. The van der Waals surface area contributed by atoms with Gasteiger partial charge in [-0.3, -0.25) is 9.35 Å². The molecule has 0 aromatic heterocycles. The first-order valence-corrected chi connectivity index (χ1v) is 30.2. The minimum atomic E-state index is -4.87. The summed E-state index contributed by atoms with van der Waals surface area (Å²) in [7, 11) is -4.87. The number of aliphatic hydroxyl groups is 12. The average Bonchev–Trinajstić information content (AvgIpc) is 2.44. The van der Waals surface area contributed by atoms with Crippen molar-refractivity contribution in [1.82, 2.24) is 0 Å². The van der Waals surface area contributed by atoms with Gasteiger partial charge in [0.1, 0.15) is 97.3 Å². The van der Waals surface area contributed by atoms with Gasteiger partial charge in [-0.2, -0.15) is 8.42 Å². The van der Waals surface area contributed by atoms with Crippen molar-refractivity contribution in [2.75, 3.05) is 13.2 Å². The molecule has 0 aromatic carbocycles. The molecule has 5 saturated heterocycles. The normalized spacial score (nSPS) is 51.8. The monoisotopic (exact) mass is 1200 g/mol. The molecule has 28 heteroatoms. The molecule has 9 aliphatic rings. The summed E-state index contributed by atoms with van der Waals surface area (Å²) in [5, 5.41) is 134. The zero-order valence-corrected chi connectivity index (χ0v) is 48.2. The number of aliphatic hydroxyl groups excluding tert-OH is 11. The number of ketones is 1. The Morgan fingerprint density at radius 2 is 1.16 bits per heavy atom. The third-order valence-corrected chi connectivity index (χ3v) is 20.4. The van der Waals surface area contributed by atoms with Gasteiger partial charge in [0.25, 0.3) is 0 Å².